The van der Waals surface area contributed by atoms with Crippen LogP contribution in [0.4, 0.5) is 0 Å². The first-order valence-electron chi connectivity index (χ1n) is 4.62. The Morgan fingerprint density at radius 1 is 0.909 bits per heavy atom. The number of alkyl halides is 1. The molecule has 0 aliphatic carbocycles. The van der Waals surface area contributed by atoms with Crippen molar-refractivity contribution in [2.24, 2.45) is 17.8 Å². The first-order chi connectivity index (χ1) is 5.06. The molecule has 0 amide bonds. The van der Waals surface area contributed by atoms with Gasteiger partial charge in [0.15, 0.2) is 0 Å². The number of hydrogen-bond acceptors (Lipinski definition) is 0. The molecule has 0 aromatic carbocycles. The van der Waals surface area contributed by atoms with E-state index >= 15 is 0 Å². The molecule has 0 fully saturated rings. The van der Waals surface area contributed by atoms with E-state index in [1.165, 1.54) is 12.8 Å². The second-order valence-corrected chi connectivity index (χ2v) is 4.88. The van der Waals surface area contributed by atoms with E-state index in [4.69, 9.17) is 0 Å². The van der Waals surface area contributed by atoms with Gasteiger partial charge in [0, 0.05) is 5.33 Å². The molecule has 0 spiro atoms. The van der Waals surface area contributed by atoms with Gasteiger partial charge in [-0.3, -0.25) is 0 Å². The molecule has 0 aliphatic rings. The summed E-state index contributed by atoms with van der Waals surface area (Å²) in [6.45, 7) is 9.27. The highest BCUT2D eigenvalue weighted by molar-refractivity contribution is 9.09. The maximum absolute atomic E-state index is 3.51. The Hall–Kier alpha value is 0.480. The van der Waals surface area contributed by atoms with Crippen LogP contribution in [0.2, 0.25) is 0 Å². The zero-order valence-corrected chi connectivity index (χ0v) is 9.82. The van der Waals surface area contributed by atoms with E-state index in [-0.39, 0.29) is 0 Å². The average molecular weight is 221 g/mol. The van der Waals surface area contributed by atoms with Gasteiger partial charge in [0.25, 0.3) is 0 Å². The van der Waals surface area contributed by atoms with Crippen LogP contribution in [0.25, 0.3) is 0 Å². The minimum absolute atomic E-state index is 0.837. The summed E-state index contributed by atoms with van der Waals surface area (Å²) in [5, 5.41) is 1.15. The molecule has 0 unspecified atom stereocenters. The Balaban J connectivity index is 3.43. The Morgan fingerprint density at radius 2 is 1.45 bits per heavy atom. The summed E-state index contributed by atoms with van der Waals surface area (Å²) in [5.74, 6) is 2.58. The predicted octanol–water partition coefficient (Wildman–Crippen LogP) is 4.09. The van der Waals surface area contributed by atoms with Crippen LogP contribution in [0.15, 0.2) is 0 Å². The van der Waals surface area contributed by atoms with Crippen LogP contribution < -0.4 is 0 Å². The molecular formula is C10H21Br. The minimum atomic E-state index is 0.837. The highest BCUT2D eigenvalue weighted by atomic mass is 79.9. The van der Waals surface area contributed by atoms with Gasteiger partial charge in [-0.05, 0) is 30.6 Å². The molecule has 0 heterocycles. The molecule has 0 bridgehead atoms. The van der Waals surface area contributed by atoms with Gasteiger partial charge in [-0.1, -0.05) is 43.6 Å². The standard InChI is InChI=1S/C10H21Br/c1-8(2)5-9(3)6-10(4)7-11/h8-10H,5-7H2,1-4H3/t9-,10-/m0/s1. The maximum Gasteiger partial charge on any atom is 0.00571 e. The summed E-state index contributed by atoms with van der Waals surface area (Å²) in [5.41, 5.74) is 0. The fourth-order valence-electron chi connectivity index (χ4n) is 1.65. The van der Waals surface area contributed by atoms with Crippen LogP contribution in [-0.2, 0) is 0 Å². The van der Waals surface area contributed by atoms with Crippen LogP contribution in [0.3, 0.4) is 0 Å². The molecule has 11 heavy (non-hydrogen) atoms. The number of halogens is 1. The molecule has 0 aromatic heterocycles. The SMILES string of the molecule is CC(C)C[C@H](C)C[C@H](C)CBr. The molecule has 0 radical (unpaired) electrons. The lowest BCUT2D eigenvalue weighted by atomic mass is 9.91. The molecule has 1 heteroatoms. The Labute approximate surface area is 79.9 Å². The Bertz CT molecular complexity index is 88.9. The van der Waals surface area contributed by atoms with Crippen molar-refractivity contribution in [1.82, 2.24) is 0 Å². The fraction of sp³-hybridized carbons (Fsp3) is 1.00. The quantitative estimate of drug-likeness (QED) is 0.613. The predicted molar refractivity (Wildman–Crippen MR) is 56.2 cm³/mol. The normalized spacial score (nSPS) is 16.9. The summed E-state index contributed by atoms with van der Waals surface area (Å²) >= 11 is 3.51. The van der Waals surface area contributed by atoms with E-state index in [0.717, 1.165) is 23.1 Å². The molecule has 0 aromatic rings. The van der Waals surface area contributed by atoms with Crippen molar-refractivity contribution >= 4 is 15.9 Å². The highest BCUT2D eigenvalue weighted by Gasteiger charge is 2.08. The van der Waals surface area contributed by atoms with Gasteiger partial charge < -0.3 is 0 Å². The smallest absolute Gasteiger partial charge is 0.00571 e. The molecule has 0 N–H and O–H groups in total. The maximum atomic E-state index is 3.51. The topological polar surface area (TPSA) is 0 Å². The third-order valence-electron chi connectivity index (χ3n) is 1.94. The molecule has 0 saturated carbocycles. The molecule has 68 valence electrons. The minimum Gasteiger partial charge on any atom is -0.0925 e. The Morgan fingerprint density at radius 3 is 1.82 bits per heavy atom. The summed E-state index contributed by atoms with van der Waals surface area (Å²) in [6.07, 6.45) is 2.74. The van der Waals surface area contributed by atoms with E-state index in [0.29, 0.717) is 0 Å². The fourth-order valence-corrected chi connectivity index (χ4v) is 1.92. The van der Waals surface area contributed by atoms with Crippen molar-refractivity contribution in [2.75, 3.05) is 5.33 Å². The van der Waals surface area contributed by atoms with Crippen molar-refractivity contribution in [3.63, 3.8) is 0 Å². The van der Waals surface area contributed by atoms with Crippen LogP contribution >= 0.6 is 15.9 Å². The summed E-state index contributed by atoms with van der Waals surface area (Å²) in [4.78, 5) is 0. The summed E-state index contributed by atoms with van der Waals surface area (Å²) in [6, 6.07) is 0. The highest BCUT2D eigenvalue weighted by Crippen LogP contribution is 2.20. The summed E-state index contributed by atoms with van der Waals surface area (Å²) in [7, 11) is 0. The van der Waals surface area contributed by atoms with Gasteiger partial charge in [-0.15, -0.1) is 0 Å². The first-order valence-corrected chi connectivity index (χ1v) is 5.74. The van der Waals surface area contributed by atoms with E-state index in [1.54, 1.807) is 0 Å². The van der Waals surface area contributed by atoms with Crippen LogP contribution in [0.5, 0.6) is 0 Å². The van der Waals surface area contributed by atoms with Gasteiger partial charge in [-0.25, -0.2) is 0 Å². The zero-order valence-electron chi connectivity index (χ0n) is 8.23. The van der Waals surface area contributed by atoms with E-state index < -0.39 is 0 Å². The van der Waals surface area contributed by atoms with Crippen molar-refractivity contribution < 1.29 is 0 Å². The van der Waals surface area contributed by atoms with Crippen molar-refractivity contribution in [2.45, 2.75) is 40.5 Å². The van der Waals surface area contributed by atoms with E-state index in [2.05, 4.69) is 43.6 Å². The molecule has 2 atom stereocenters. The lowest BCUT2D eigenvalue weighted by molar-refractivity contribution is 0.371. The second kappa shape index (κ2) is 6.05. The average Bonchev–Trinajstić information content (AvgIpc) is 1.85. The van der Waals surface area contributed by atoms with E-state index in [1.807, 2.05) is 0 Å². The Kier molecular flexibility index (Phi) is 6.31. The molecular weight excluding hydrogens is 200 g/mol. The monoisotopic (exact) mass is 220 g/mol. The summed E-state index contributed by atoms with van der Waals surface area (Å²) < 4.78 is 0. The second-order valence-electron chi connectivity index (χ2n) is 4.23. The van der Waals surface area contributed by atoms with Gasteiger partial charge in [0.1, 0.15) is 0 Å². The van der Waals surface area contributed by atoms with Crippen molar-refractivity contribution in [1.29, 1.82) is 0 Å². The van der Waals surface area contributed by atoms with E-state index in [9.17, 15) is 0 Å². The zero-order chi connectivity index (χ0) is 8.85. The lowest BCUT2D eigenvalue weighted by Gasteiger charge is -2.16. The van der Waals surface area contributed by atoms with Gasteiger partial charge in [0.2, 0.25) is 0 Å². The number of hydrogen-bond donors (Lipinski definition) is 0. The van der Waals surface area contributed by atoms with Gasteiger partial charge in [-0.2, -0.15) is 0 Å². The van der Waals surface area contributed by atoms with Crippen molar-refractivity contribution in [3.8, 4) is 0 Å². The number of rotatable bonds is 5. The van der Waals surface area contributed by atoms with Crippen LogP contribution in [0.1, 0.15) is 40.5 Å². The third-order valence-corrected chi connectivity index (χ3v) is 3.05. The van der Waals surface area contributed by atoms with Gasteiger partial charge in [0.05, 0.1) is 0 Å². The third kappa shape index (κ3) is 6.86. The molecule has 0 nitrogen and oxygen atoms in total. The van der Waals surface area contributed by atoms with Crippen LogP contribution in [-0.4, -0.2) is 5.33 Å². The first kappa shape index (κ1) is 11.5. The van der Waals surface area contributed by atoms with Crippen LogP contribution in [0, 0.1) is 17.8 Å². The van der Waals surface area contributed by atoms with Gasteiger partial charge >= 0.3 is 0 Å². The molecule has 0 rings (SSSR count). The molecule has 0 aliphatic heterocycles. The largest absolute Gasteiger partial charge is 0.0925 e. The lowest BCUT2D eigenvalue weighted by Crippen LogP contribution is -2.06. The van der Waals surface area contributed by atoms with Crippen molar-refractivity contribution in [3.05, 3.63) is 0 Å². The molecule has 0 saturated heterocycles.